The molecule has 1 atom stereocenters. The van der Waals surface area contributed by atoms with Crippen LogP contribution < -0.4 is 5.32 Å². The molecule has 0 fully saturated rings. The van der Waals surface area contributed by atoms with E-state index in [9.17, 15) is 24.0 Å². The summed E-state index contributed by atoms with van der Waals surface area (Å²) in [5.74, 6) is -3.36. The largest absolute Gasteiger partial charge is 0.467 e. The summed E-state index contributed by atoms with van der Waals surface area (Å²) in [6, 6.07) is 5.28. The van der Waals surface area contributed by atoms with Crippen molar-refractivity contribution in [2.75, 3.05) is 7.11 Å². The maximum absolute atomic E-state index is 12.1. The fraction of sp³-hybridized carbons (Fsp3) is 0.421. The molecule has 1 heterocycles. The maximum atomic E-state index is 12.1. The van der Waals surface area contributed by atoms with Crippen LogP contribution in [0.2, 0.25) is 0 Å². The van der Waals surface area contributed by atoms with E-state index in [0.29, 0.717) is 11.5 Å². The van der Waals surface area contributed by atoms with Gasteiger partial charge in [-0.1, -0.05) is 31.0 Å². The average molecular weight is 390 g/mol. The van der Waals surface area contributed by atoms with Gasteiger partial charge in [0.1, 0.15) is 6.04 Å². The van der Waals surface area contributed by atoms with Gasteiger partial charge in [-0.25, -0.2) is 9.59 Å². The lowest BCUT2D eigenvalue weighted by molar-refractivity contribution is -0.169. The average Bonchev–Trinajstić information content (AvgIpc) is 2.90. The van der Waals surface area contributed by atoms with Crippen LogP contribution in [0.5, 0.6) is 0 Å². The summed E-state index contributed by atoms with van der Waals surface area (Å²) >= 11 is 0. The van der Waals surface area contributed by atoms with Crippen molar-refractivity contribution >= 4 is 29.7 Å². The molecule has 1 N–H and O–H groups in total. The van der Waals surface area contributed by atoms with Crippen LogP contribution in [-0.2, 0) is 24.0 Å². The van der Waals surface area contributed by atoms with Crippen LogP contribution in [0.3, 0.4) is 0 Å². The molecule has 0 bridgehead atoms. The maximum Gasteiger partial charge on any atom is 0.333 e. The van der Waals surface area contributed by atoms with Crippen molar-refractivity contribution in [1.29, 1.82) is 0 Å². The van der Waals surface area contributed by atoms with E-state index in [1.54, 1.807) is 12.1 Å². The van der Waals surface area contributed by atoms with Crippen molar-refractivity contribution in [3.63, 3.8) is 0 Å². The second-order valence-corrected chi connectivity index (χ2v) is 6.69. The minimum atomic E-state index is -0.914. The first-order chi connectivity index (χ1) is 13.2. The Labute approximate surface area is 161 Å². The molecule has 0 aliphatic carbocycles. The predicted molar refractivity (Wildman–Crippen MR) is 95.7 cm³/mol. The van der Waals surface area contributed by atoms with Gasteiger partial charge in [0.25, 0.3) is 11.8 Å². The molecular weight excluding hydrogens is 368 g/mol. The summed E-state index contributed by atoms with van der Waals surface area (Å²) in [6.45, 7) is 3.78. The Morgan fingerprint density at radius 1 is 1.04 bits per heavy atom. The number of ether oxygens (including phenoxy) is 1. The third-order valence-corrected chi connectivity index (χ3v) is 4.03. The molecule has 0 saturated carbocycles. The number of hydrogen-bond acceptors (Lipinski definition) is 7. The lowest BCUT2D eigenvalue weighted by Gasteiger charge is -2.18. The molecule has 0 aromatic heterocycles. The molecule has 9 nitrogen and oxygen atoms in total. The van der Waals surface area contributed by atoms with Crippen LogP contribution in [0.4, 0.5) is 0 Å². The first kappa shape index (κ1) is 21.1. The van der Waals surface area contributed by atoms with Crippen LogP contribution in [0.1, 0.15) is 53.8 Å². The number of benzene rings is 1. The second-order valence-electron chi connectivity index (χ2n) is 6.69. The summed E-state index contributed by atoms with van der Waals surface area (Å²) in [4.78, 5) is 64.8. The molecule has 150 valence electrons. The van der Waals surface area contributed by atoms with Gasteiger partial charge in [-0.05, 0) is 24.5 Å². The highest BCUT2D eigenvalue weighted by atomic mass is 16.7. The number of imide groups is 1. The number of fused-ring (bicyclic) bond motifs is 1. The van der Waals surface area contributed by atoms with E-state index in [0.717, 1.165) is 0 Å². The van der Waals surface area contributed by atoms with Crippen molar-refractivity contribution in [3.05, 3.63) is 35.4 Å². The number of carbonyl (C=O) groups excluding carboxylic acids is 5. The van der Waals surface area contributed by atoms with E-state index in [1.165, 1.54) is 19.2 Å². The van der Waals surface area contributed by atoms with Gasteiger partial charge in [0.2, 0.25) is 5.91 Å². The number of methoxy groups -OCH3 is 1. The minimum Gasteiger partial charge on any atom is -0.467 e. The quantitative estimate of drug-likeness (QED) is 0.524. The number of amides is 3. The fourth-order valence-electron chi connectivity index (χ4n) is 2.71. The summed E-state index contributed by atoms with van der Waals surface area (Å²) in [5.41, 5.74) is 0.292. The number of carbonyl (C=O) groups is 5. The summed E-state index contributed by atoms with van der Waals surface area (Å²) < 4.78 is 4.66. The molecule has 1 aromatic carbocycles. The summed E-state index contributed by atoms with van der Waals surface area (Å²) in [6.07, 6.45) is -0.250. The number of esters is 1. The Bertz CT molecular complexity index is 768. The van der Waals surface area contributed by atoms with Gasteiger partial charge >= 0.3 is 11.9 Å². The van der Waals surface area contributed by atoms with E-state index in [2.05, 4.69) is 10.1 Å². The van der Waals surface area contributed by atoms with Crippen molar-refractivity contribution in [2.24, 2.45) is 5.92 Å². The minimum absolute atomic E-state index is 0.142. The van der Waals surface area contributed by atoms with Gasteiger partial charge in [-0.3, -0.25) is 14.4 Å². The molecule has 1 aliphatic heterocycles. The molecule has 1 aromatic rings. The van der Waals surface area contributed by atoms with Crippen LogP contribution in [0, 0.1) is 5.92 Å². The lowest BCUT2D eigenvalue weighted by Crippen LogP contribution is -2.42. The molecule has 2 rings (SSSR count). The van der Waals surface area contributed by atoms with Gasteiger partial charge in [0.05, 0.1) is 24.7 Å². The van der Waals surface area contributed by atoms with E-state index in [4.69, 9.17) is 4.84 Å². The molecular formula is C19H22N2O7. The Hall–Kier alpha value is -3.23. The first-order valence-electron chi connectivity index (χ1n) is 8.80. The normalized spacial score (nSPS) is 13.9. The summed E-state index contributed by atoms with van der Waals surface area (Å²) in [5, 5.41) is 2.90. The Kier molecular flexibility index (Phi) is 6.86. The van der Waals surface area contributed by atoms with Crippen LogP contribution in [0.25, 0.3) is 0 Å². The third-order valence-electron chi connectivity index (χ3n) is 4.03. The van der Waals surface area contributed by atoms with Gasteiger partial charge < -0.3 is 14.9 Å². The number of rotatable bonds is 8. The molecule has 0 radical (unpaired) electrons. The SMILES string of the molecule is COC(=O)[C@H](CC(C)C)NC(=O)CCC(=O)ON1C(=O)c2ccccc2C1=O. The topological polar surface area (TPSA) is 119 Å². The van der Waals surface area contributed by atoms with Gasteiger partial charge in [0.15, 0.2) is 0 Å². The fourth-order valence-corrected chi connectivity index (χ4v) is 2.71. The molecule has 28 heavy (non-hydrogen) atoms. The Morgan fingerprint density at radius 2 is 1.61 bits per heavy atom. The Balaban J connectivity index is 1.87. The third kappa shape index (κ3) is 4.93. The van der Waals surface area contributed by atoms with Gasteiger partial charge in [-0.2, -0.15) is 0 Å². The lowest BCUT2D eigenvalue weighted by atomic mass is 10.0. The van der Waals surface area contributed by atoms with E-state index in [1.807, 2.05) is 13.8 Å². The highest BCUT2D eigenvalue weighted by Gasteiger charge is 2.38. The van der Waals surface area contributed by atoms with E-state index < -0.39 is 35.7 Å². The summed E-state index contributed by atoms with van der Waals surface area (Å²) in [7, 11) is 1.22. The Morgan fingerprint density at radius 3 is 2.11 bits per heavy atom. The molecule has 1 aliphatic rings. The first-order valence-corrected chi connectivity index (χ1v) is 8.80. The van der Waals surface area contributed by atoms with Crippen molar-refractivity contribution < 1.29 is 33.5 Å². The number of nitrogens with one attached hydrogen (secondary N) is 1. The smallest absolute Gasteiger partial charge is 0.333 e. The van der Waals surface area contributed by atoms with Crippen LogP contribution in [0.15, 0.2) is 24.3 Å². The molecule has 0 spiro atoms. The number of hydroxylamine groups is 2. The second kappa shape index (κ2) is 9.12. The number of nitrogens with zero attached hydrogens (tertiary/aromatic N) is 1. The van der Waals surface area contributed by atoms with Gasteiger partial charge in [-0.15, -0.1) is 0 Å². The highest BCUT2D eigenvalue weighted by Crippen LogP contribution is 2.22. The van der Waals surface area contributed by atoms with Crippen LogP contribution in [-0.4, -0.2) is 47.9 Å². The molecule has 0 unspecified atom stereocenters. The molecule has 0 saturated heterocycles. The highest BCUT2D eigenvalue weighted by molar-refractivity contribution is 6.20. The van der Waals surface area contributed by atoms with Crippen LogP contribution >= 0.6 is 0 Å². The standard InChI is InChI=1S/C19H22N2O7/c1-11(2)10-14(19(26)27-3)20-15(22)8-9-16(23)28-21-17(24)12-6-4-5-7-13(12)18(21)25/h4-7,11,14H,8-10H2,1-3H3,(H,20,22)/t14-/m0/s1. The van der Waals surface area contributed by atoms with Crippen molar-refractivity contribution in [3.8, 4) is 0 Å². The van der Waals surface area contributed by atoms with E-state index >= 15 is 0 Å². The molecule has 9 heteroatoms. The monoisotopic (exact) mass is 390 g/mol. The van der Waals surface area contributed by atoms with Gasteiger partial charge in [0, 0.05) is 6.42 Å². The zero-order valence-corrected chi connectivity index (χ0v) is 15.9. The van der Waals surface area contributed by atoms with Crippen molar-refractivity contribution in [2.45, 2.75) is 39.2 Å². The van der Waals surface area contributed by atoms with Crippen molar-refractivity contribution in [1.82, 2.24) is 10.4 Å². The zero-order chi connectivity index (χ0) is 20.8. The predicted octanol–water partition coefficient (Wildman–Crippen LogP) is 1.22. The number of hydrogen-bond donors (Lipinski definition) is 1. The molecule has 3 amide bonds. The van der Waals surface area contributed by atoms with E-state index in [-0.39, 0.29) is 29.9 Å². The zero-order valence-electron chi connectivity index (χ0n) is 15.9.